The minimum atomic E-state index is 0.0385. The van der Waals surface area contributed by atoms with Crippen LogP contribution in [-0.4, -0.2) is 52.8 Å². The Kier molecular flexibility index (Phi) is 5.72. The van der Waals surface area contributed by atoms with Gasteiger partial charge in [0, 0.05) is 32.6 Å². The van der Waals surface area contributed by atoms with Crippen LogP contribution < -0.4 is 0 Å². The molecule has 1 aromatic carbocycles. The van der Waals surface area contributed by atoms with Gasteiger partial charge in [0.25, 0.3) is 0 Å². The maximum Gasteiger partial charge on any atom is 0.235 e. The summed E-state index contributed by atoms with van der Waals surface area (Å²) in [6.07, 6.45) is 5.62. The van der Waals surface area contributed by atoms with E-state index in [0.29, 0.717) is 13.0 Å². The molecule has 0 aromatic heterocycles. The van der Waals surface area contributed by atoms with E-state index in [9.17, 15) is 9.59 Å². The summed E-state index contributed by atoms with van der Waals surface area (Å²) in [7, 11) is 0. The number of amides is 2. The quantitative estimate of drug-likeness (QED) is 0.828. The molecule has 136 valence electrons. The number of carbonyl (C=O) groups is 2. The second-order valence-corrected chi connectivity index (χ2v) is 8.62. The maximum absolute atomic E-state index is 12.4. The van der Waals surface area contributed by atoms with Crippen LogP contribution in [-0.2, 0) is 16.1 Å². The fraction of sp³-hybridized carbons (Fsp3) is 0.600. The van der Waals surface area contributed by atoms with Crippen molar-refractivity contribution >= 4 is 23.6 Å². The van der Waals surface area contributed by atoms with Gasteiger partial charge in [0.1, 0.15) is 0 Å². The van der Waals surface area contributed by atoms with E-state index in [0.717, 1.165) is 38.9 Å². The number of hydrogen-bond acceptors (Lipinski definition) is 3. The average Bonchev–Trinajstić information content (AvgIpc) is 2.65. The lowest BCUT2D eigenvalue weighted by molar-refractivity contribution is -0.142. The number of hydrogen-bond donors (Lipinski definition) is 0. The van der Waals surface area contributed by atoms with Crippen LogP contribution in [0, 0.1) is 5.41 Å². The highest BCUT2D eigenvalue weighted by Gasteiger charge is 2.41. The molecule has 0 radical (unpaired) electrons. The van der Waals surface area contributed by atoms with Gasteiger partial charge in [0.2, 0.25) is 11.8 Å². The third kappa shape index (κ3) is 4.20. The third-order valence-corrected chi connectivity index (χ3v) is 6.71. The van der Waals surface area contributed by atoms with Crippen LogP contribution in [0.2, 0.25) is 0 Å². The van der Waals surface area contributed by atoms with Crippen molar-refractivity contribution in [3.05, 3.63) is 35.9 Å². The summed E-state index contributed by atoms with van der Waals surface area (Å²) in [4.78, 5) is 28.8. The highest BCUT2D eigenvalue weighted by molar-refractivity contribution is 7.99. The van der Waals surface area contributed by atoms with Crippen molar-refractivity contribution in [3.63, 3.8) is 0 Å². The highest BCUT2D eigenvalue weighted by atomic mass is 32.2. The van der Waals surface area contributed by atoms with Gasteiger partial charge in [-0.05, 0) is 43.4 Å². The van der Waals surface area contributed by atoms with E-state index in [-0.39, 0.29) is 22.5 Å². The standard InChI is InChI=1S/C20H28N2O2S/c1-16(25-2)19(24)21-12-10-20(11-13-21)9-8-18(23)22(15-20)14-17-6-4-3-5-7-17/h3-7,16H,8-15H2,1-2H3/t16-/m0/s1. The van der Waals surface area contributed by atoms with Crippen molar-refractivity contribution < 1.29 is 9.59 Å². The summed E-state index contributed by atoms with van der Waals surface area (Å²) >= 11 is 1.61. The smallest absolute Gasteiger partial charge is 0.235 e. The van der Waals surface area contributed by atoms with Gasteiger partial charge in [-0.1, -0.05) is 30.3 Å². The monoisotopic (exact) mass is 360 g/mol. The molecular weight excluding hydrogens is 332 g/mol. The van der Waals surface area contributed by atoms with Gasteiger partial charge in [-0.15, -0.1) is 0 Å². The summed E-state index contributed by atoms with van der Waals surface area (Å²) in [6, 6.07) is 10.2. The van der Waals surface area contributed by atoms with Gasteiger partial charge in [-0.3, -0.25) is 9.59 Å². The van der Waals surface area contributed by atoms with E-state index in [1.165, 1.54) is 5.56 Å². The summed E-state index contributed by atoms with van der Waals surface area (Å²) in [6.45, 7) is 5.18. The zero-order valence-electron chi connectivity index (χ0n) is 15.2. The molecule has 1 aromatic rings. The van der Waals surface area contributed by atoms with Gasteiger partial charge >= 0.3 is 0 Å². The van der Waals surface area contributed by atoms with Crippen molar-refractivity contribution in [1.29, 1.82) is 0 Å². The lowest BCUT2D eigenvalue weighted by atomic mass is 9.72. The number of benzene rings is 1. The van der Waals surface area contributed by atoms with Crippen molar-refractivity contribution in [2.24, 2.45) is 5.41 Å². The molecule has 1 spiro atoms. The van der Waals surface area contributed by atoms with Crippen LogP contribution >= 0.6 is 11.8 Å². The minimum Gasteiger partial charge on any atom is -0.342 e. The largest absolute Gasteiger partial charge is 0.342 e. The van der Waals surface area contributed by atoms with Crippen LogP contribution in [0.5, 0.6) is 0 Å². The minimum absolute atomic E-state index is 0.0385. The lowest BCUT2D eigenvalue weighted by Crippen LogP contribution is -2.52. The molecule has 0 saturated carbocycles. The predicted molar refractivity (Wildman–Crippen MR) is 102 cm³/mol. The summed E-state index contributed by atoms with van der Waals surface area (Å²) in [5, 5.41) is 0.0385. The van der Waals surface area contributed by atoms with E-state index >= 15 is 0 Å². The van der Waals surface area contributed by atoms with Crippen LogP contribution in [0.3, 0.4) is 0 Å². The topological polar surface area (TPSA) is 40.6 Å². The molecule has 5 heteroatoms. The van der Waals surface area contributed by atoms with Crippen LogP contribution in [0.1, 0.15) is 38.2 Å². The molecule has 2 heterocycles. The van der Waals surface area contributed by atoms with E-state index in [4.69, 9.17) is 0 Å². The Morgan fingerprint density at radius 1 is 1.20 bits per heavy atom. The molecule has 3 rings (SSSR count). The number of piperidine rings is 2. The Balaban J connectivity index is 1.61. The van der Waals surface area contributed by atoms with E-state index < -0.39 is 0 Å². The SMILES string of the molecule is CS[C@@H](C)C(=O)N1CCC2(CCC(=O)N(Cc3ccccc3)C2)CC1. The van der Waals surface area contributed by atoms with Gasteiger partial charge < -0.3 is 9.80 Å². The van der Waals surface area contributed by atoms with Gasteiger partial charge in [0.15, 0.2) is 0 Å². The first-order valence-corrected chi connectivity index (χ1v) is 10.5. The summed E-state index contributed by atoms with van der Waals surface area (Å²) in [5.74, 6) is 0.527. The first kappa shape index (κ1) is 18.3. The number of likely N-dealkylation sites (tertiary alicyclic amines) is 2. The zero-order chi connectivity index (χ0) is 17.9. The average molecular weight is 361 g/mol. The molecule has 2 amide bonds. The molecule has 2 saturated heterocycles. The molecule has 2 aliphatic rings. The lowest BCUT2D eigenvalue weighted by Gasteiger charge is -2.47. The molecule has 4 nitrogen and oxygen atoms in total. The van der Waals surface area contributed by atoms with Gasteiger partial charge in [-0.2, -0.15) is 11.8 Å². The van der Waals surface area contributed by atoms with Crippen LogP contribution in [0.15, 0.2) is 30.3 Å². The maximum atomic E-state index is 12.4. The number of rotatable bonds is 4. The van der Waals surface area contributed by atoms with Crippen molar-refractivity contribution in [2.75, 3.05) is 25.9 Å². The number of carbonyl (C=O) groups excluding carboxylic acids is 2. The second-order valence-electron chi connectivity index (χ2n) is 7.44. The van der Waals surface area contributed by atoms with E-state index in [1.54, 1.807) is 11.8 Å². The third-order valence-electron chi connectivity index (χ3n) is 5.80. The molecule has 0 N–H and O–H groups in total. The molecule has 2 fully saturated rings. The van der Waals surface area contributed by atoms with Gasteiger partial charge in [-0.25, -0.2) is 0 Å². The Hall–Kier alpha value is -1.49. The van der Waals surface area contributed by atoms with Gasteiger partial charge in [0.05, 0.1) is 5.25 Å². The van der Waals surface area contributed by atoms with E-state index in [1.807, 2.05) is 41.2 Å². The Labute approximate surface area is 154 Å². The molecule has 1 atom stereocenters. The van der Waals surface area contributed by atoms with Crippen molar-refractivity contribution in [1.82, 2.24) is 9.80 Å². The predicted octanol–water partition coefficient (Wildman–Crippen LogP) is 3.17. The summed E-state index contributed by atoms with van der Waals surface area (Å²) in [5.41, 5.74) is 1.39. The van der Waals surface area contributed by atoms with Crippen molar-refractivity contribution in [3.8, 4) is 0 Å². The molecule has 2 aliphatic heterocycles. The molecule has 0 unspecified atom stereocenters. The zero-order valence-corrected chi connectivity index (χ0v) is 16.1. The van der Waals surface area contributed by atoms with Crippen LogP contribution in [0.4, 0.5) is 0 Å². The Bertz CT molecular complexity index is 611. The molecular formula is C20H28N2O2S. The second kappa shape index (κ2) is 7.81. The van der Waals surface area contributed by atoms with Crippen LogP contribution in [0.25, 0.3) is 0 Å². The molecule has 0 aliphatic carbocycles. The Morgan fingerprint density at radius 3 is 2.52 bits per heavy atom. The molecule has 0 bridgehead atoms. The first-order valence-electron chi connectivity index (χ1n) is 9.16. The fourth-order valence-corrected chi connectivity index (χ4v) is 4.37. The fourth-order valence-electron chi connectivity index (χ4n) is 4.02. The first-order chi connectivity index (χ1) is 12.0. The van der Waals surface area contributed by atoms with Crippen molar-refractivity contribution in [2.45, 2.75) is 44.4 Å². The Morgan fingerprint density at radius 2 is 1.88 bits per heavy atom. The summed E-state index contributed by atoms with van der Waals surface area (Å²) < 4.78 is 0. The molecule has 25 heavy (non-hydrogen) atoms. The van der Waals surface area contributed by atoms with E-state index in [2.05, 4.69) is 12.1 Å². The number of thioether (sulfide) groups is 1. The normalized spacial score (nSPS) is 21.4. The number of nitrogens with zero attached hydrogens (tertiary/aromatic N) is 2. The highest BCUT2D eigenvalue weighted by Crippen LogP contribution is 2.40.